The van der Waals surface area contributed by atoms with Crippen LogP contribution in [0, 0.1) is 23.6 Å². The summed E-state index contributed by atoms with van der Waals surface area (Å²) >= 11 is 6.45. The molecule has 6 atom stereocenters. The van der Waals surface area contributed by atoms with Crippen LogP contribution in [0.15, 0.2) is 67.0 Å². The summed E-state index contributed by atoms with van der Waals surface area (Å²) in [5.74, 6) is -0.782. The van der Waals surface area contributed by atoms with Crippen molar-refractivity contribution >= 4 is 33.2 Å². The van der Waals surface area contributed by atoms with Crippen molar-refractivity contribution in [2.75, 3.05) is 31.7 Å². The maximum Gasteiger partial charge on any atom is 0.264 e. The Kier molecular flexibility index (Phi) is 9.03. The third kappa shape index (κ3) is 6.03. The first-order chi connectivity index (χ1) is 23.5. The highest BCUT2D eigenvalue weighted by Gasteiger charge is 2.51. The number of anilines is 1. The molecule has 1 aromatic heterocycles. The molecule has 2 aromatic carbocycles. The van der Waals surface area contributed by atoms with Gasteiger partial charge in [-0.05, 0) is 105 Å². The zero-order valence-electron chi connectivity index (χ0n) is 28.1. The molecule has 1 spiro atoms. The van der Waals surface area contributed by atoms with Crippen molar-refractivity contribution in [2.45, 2.75) is 68.6 Å². The number of benzene rings is 2. The molecule has 3 heterocycles. The first-order valence-corrected chi connectivity index (χ1v) is 19.1. The van der Waals surface area contributed by atoms with E-state index < -0.39 is 32.6 Å². The van der Waals surface area contributed by atoms with Crippen LogP contribution in [0.3, 0.4) is 0 Å². The lowest BCUT2D eigenvalue weighted by atomic mass is 9.62. The number of fused-ring (bicyclic) bond motifs is 4. The summed E-state index contributed by atoms with van der Waals surface area (Å²) in [4.78, 5) is 20.1. The van der Waals surface area contributed by atoms with E-state index in [-0.39, 0.29) is 28.7 Å². The predicted octanol–water partition coefficient (Wildman–Crippen LogP) is 6.96. The molecule has 0 radical (unpaired) electrons. The zero-order valence-corrected chi connectivity index (χ0v) is 29.7. The Hall–Kier alpha value is -3.47. The molecular weight excluding hydrogens is 665 g/mol. The smallest absolute Gasteiger partial charge is 0.264 e. The van der Waals surface area contributed by atoms with Crippen LogP contribution in [-0.4, -0.2) is 51.4 Å². The van der Waals surface area contributed by atoms with E-state index in [0.29, 0.717) is 42.5 Å². The number of rotatable bonds is 2. The van der Waals surface area contributed by atoms with E-state index >= 15 is 4.39 Å². The van der Waals surface area contributed by atoms with Crippen molar-refractivity contribution in [1.29, 1.82) is 0 Å². The molecule has 49 heavy (non-hydrogen) atoms. The fourth-order valence-corrected chi connectivity index (χ4v) is 10.0. The molecule has 7 rings (SSSR count). The third-order valence-electron chi connectivity index (χ3n) is 11.6. The number of nitrogens with zero attached hydrogens (tertiary/aromatic N) is 2. The molecule has 11 heteroatoms. The number of allylic oxidation sites excluding steroid dienone is 1. The summed E-state index contributed by atoms with van der Waals surface area (Å²) in [7, 11) is -2.42. The van der Waals surface area contributed by atoms with Crippen LogP contribution < -0.4 is 14.4 Å². The molecule has 1 amide bonds. The van der Waals surface area contributed by atoms with Crippen molar-refractivity contribution < 1.29 is 27.1 Å². The maximum absolute atomic E-state index is 15.7. The molecule has 1 N–H and O–H groups in total. The molecule has 2 aliphatic heterocycles. The predicted molar refractivity (Wildman–Crippen MR) is 188 cm³/mol. The van der Waals surface area contributed by atoms with Crippen LogP contribution >= 0.6 is 11.6 Å². The largest absolute Gasteiger partial charge is 0.490 e. The Labute approximate surface area is 293 Å². The molecule has 260 valence electrons. The van der Waals surface area contributed by atoms with E-state index in [2.05, 4.69) is 26.7 Å². The van der Waals surface area contributed by atoms with Gasteiger partial charge in [0.2, 0.25) is 10.0 Å². The Morgan fingerprint density at radius 2 is 1.96 bits per heavy atom. The Morgan fingerprint density at radius 3 is 2.71 bits per heavy atom. The number of amides is 1. The van der Waals surface area contributed by atoms with Crippen molar-refractivity contribution in [3.8, 4) is 5.75 Å². The lowest BCUT2D eigenvalue weighted by Gasteiger charge is -2.50. The monoisotopic (exact) mass is 707 g/mol. The molecule has 2 aliphatic carbocycles. The number of carbonyl (C=O) groups is 1. The van der Waals surface area contributed by atoms with Crippen molar-refractivity contribution in [1.82, 2.24) is 9.71 Å². The minimum absolute atomic E-state index is 0.0932. The highest BCUT2D eigenvalue weighted by Crippen LogP contribution is 2.52. The quantitative estimate of drug-likeness (QED) is 0.288. The van der Waals surface area contributed by atoms with Gasteiger partial charge in [-0.2, -0.15) is 0 Å². The molecule has 1 saturated carbocycles. The molecule has 1 fully saturated rings. The molecule has 8 nitrogen and oxygen atoms in total. The lowest BCUT2D eigenvalue weighted by Crippen LogP contribution is -2.52. The summed E-state index contributed by atoms with van der Waals surface area (Å²) < 4.78 is 57.9. The van der Waals surface area contributed by atoms with Crippen LogP contribution in [0.1, 0.15) is 73.0 Å². The van der Waals surface area contributed by atoms with Crippen molar-refractivity contribution in [2.24, 2.45) is 17.8 Å². The number of pyridine rings is 1. The number of sulfonamides is 1. The fraction of sp³-hybridized carbons (Fsp3) is 0.474. The topological polar surface area (TPSA) is 97.8 Å². The minimum Gasteiger partial charge on any atom is -0.490 e. The van der Waals surface area contributed by atoms with Gasteiger partial charge in [0.25, 0.3) is 5.91 Å². The van der Waals surface area contributed by atoms with Gasteiger partial charge in [0.1, 0.15) is 17.2 Å². The Morgan fingerprint density at radius 1 is 1.12 bits per heavy atom. The zero-order chi connectivity index (χ0) is 34.6. The van der Waals surface area contributed by atoms with Crippen molar-refractivity contribution in [3.05, 3.63) is 100 Å². The van der Waals surface area contributed by atoms with Crippen LogP contribution in [0.25, 0.3) is 0 Å². The van der Waals surface area contributed by atoms with Gasteiger partial charge in [-0.25, -0.2) is 17.5 Å². The number of carbonyl (C=O) groups excluding carboxylic acids is 1. The van der Waals surface area contributed by atoms with Gasteiger partial charge in [-0.1, -0.05) is 36.7 Å². The second kappa shape index (κ2) is 13.0. The highest BCUT2D eigenvalue weighted by molar-refractivity contribution is 7.90. The minimum atomic E-state index is -4.03. The van der Waals surface area contributed by atoms with Gasteiger partial charge < -0.3 is 14.4 Å². The number of halogens is 2. The highest BCUT2D eigenvalue weighted by atomic mass is 35.5. The first kappa shape index (κ1) is 34.0. The van der Waals surface area contributed by atoms with Crippen LogP contribution in [-0.2, 0) is 32.2 Å². The van der Waals surface area contributed by atoms with Gasteiger partial charge in [0, 0.05) is 60.1 Å². The van der Waals surface area contributed by atoms with Crippen molar-refractivity contribution in [3.63, 3.8) is 0 Å². The number of ether oxygens (including phenoxy) is 2. The van der Waals surface area contributed by atoms with Gasteiger partial charge >= 0.3 is 0 Å². The lowest BCUT2D eigenvalue weighted by molar-refractivity contribution is -0.0825. The van der Waals surface area contributed by atoms with Gasteiger partial charge in [0.05, 0.1) is 17.5 Å². The first-order valence-electron chi connectivity index (χ1n) is 17.2. The fourth-order valence-electron chi connectivity index (χ4n) is 8.53. The SMILES string of the molecule is CO[C@]1(c2cnccc2F)/C=C/C[C@H](C)[C@@H](C)S(=O)(=O)NC(=O)c2ccc3c(c2)N(C[C@@H]2CC[C@H]21)C[C@@]1(CCCc2cc(Cl)ccc21)CO3. The Balaban J connectivity index is 1.37. The van der Waals surface area contributed by atoms with Gasteiger partial charge in [0.15, 0.2) is 0 Å². The average Bonchev–Trinajstić information content (AvgIpc) is 3.22. The molecule has 0 unspecified atom stereocenters. The van der Waals surface area contributed by atoms with Crippen LogP contribution in [0.5, 0.6) is 5.75 Å². The average molecular weight is 708 g/mol. The van der Waals surface area contributed by atoms with E-state index in [9.17, 15) is 13.2 Å². The number of methoxy groups -OCH3 is 1. The molecule has 0 saturated heterocycles. The van der Waals surface area contributed by atoms with E-state index in [4.69, 9.17) is 21.1 Å². The number of hydrogen-bond donors (Lipinski definition) is 1. The normalized spacial score (nSPS) is 31.7. The van der Waals surface area contributed by atoms with Crippen LogP contribution in [0.2, 0.25) is 5.02 Å². The molecule has 4 aliphatic rings. The summed E-state index contributed by atoms with van der Waals surface area (Å²) in [5, 5.41) is -0.171. The number of aryl methyl sites for hydroxylation is 1. The summed E-state index contributed by atoms with van der Waals surface area (Å²) in [6.07, 6.45) is 11.7. The molecule has 3 aromatic rings. The van der Waals surface area contributed by atoms with E-state index in [1.54, 1.807) is 38.4 Å². The van der Waals surface area contributed by atoms with Gasteiger partial charge in [-0.3, -0.25) is 9.78 Å². The van der Waals surface area contributed by atoms with E-state index in [0.717, 1.165) is 37.8 Å². The third-order valence-corrected chi connectivity index (χ3v) is 13.8. The standard InChI is InChI=1S/C38H43ClFN3O5S/c1-24-6-4-16-38(47-3,32-20-41-17-14-33(32)40)31-11-8-28(31)21-43-22-37(15-5-7-26-18-29(39)10-12-30(26)37)23-48-35-13-9-27(19-34(35)43)36(44)42-49(45,46)25(24)2/h4,9-10,12-14,16-20,24-25,28,31H,5-8,11,15,21-23H2,1-3H3,(H,42,44)/b16-4+/t24-,25+,28-,31+,37-,38+/m0/s1. The summed E-state index contributed by atoms with van der Waals surface area (Å²) in [5.41, 5.74) is 2.30. The second-order valence-electron chi connectivity index (χ2n) is 14.4. The van der Waals surface area contributed by atoms with E-state index in [1.165, 1.54) is 23.4 Å². The maximum atomic E-state index is 15.7. The summed E-state index contributed by atoms with van der Waals surface area (Å²) in [6.45, 7) is 5.10. The van der Waals surface area contributed by atoms with E-state index in [1.807, 2.05) is 25.1 Å². The van der Waals surface area contributed by atoms with Gasteiger partial charge in [-0.15, -0.1) is 0 Å². The summed E-state index contributed by atoms with van der Waals surface area (Å²) in [6, 6.07) is 12.6. The Bertz CT molecular complexity index is 1910. The molecular formula is C38H43ClFN3O5S. The second-order valence-corrected chi connectivity index (χ2v) is 16.9. The van der Waals surface area contributed by atoms with Crippen LogP contribution in [0.4, 0.5) is 10.1 Å². The molecule has 2 bridgehead atoms. The number of nitrogens with one attached hydrogen (secondary N) is 1. The number of aromatic nitrogens is 1. The number of hydrogen-bond acceptors (Lipinski definition) is 7.